The fourth-order valence-corrected chi connectivity index (χ4v) is 4.73. The number of halogens is 1. The van der Waals surface area contributed by atoms with Crippen LogP contribution in [0.5, 0.6) is 5.75 Å². The molecule has 146 valence electrons. The van der Waals surface area contributed by atoms with Crippen LogP contribution >= 0.6 is 34.7 Å². The van der Waals surface area contributed by atoms with Gasteiger partial charge < -0.3 is 15.0 Å². The second kappa shape index (κ2) is 8.14. The fourth-order valence-electron chi connectivity index (χ4n) is 3.22. The molecule has 0 bridgehead atoms. The first-order valence-corrected chi connectivity index (χ1v) is 11.3. The van der Waals surface area contributed by atoms with Gasteiger partial charge in [-0.1, -0.05) is 23.4 Å². The van der Waals surface area contributed by atoms with Crippen LogP contribution in [0.15, 0.2) is 29.4 Å². The number of benzene rings is 1. The summed E-state index contributed by atoms with van der Waals surface area (Å²) in [6, 6.07) is 7.00. The third-order valence-corrected chi connectivity index (χ3v) is 6.38. The highest BCUT2D eigenvalue weighted by atomic mass is 35.5. The summed E-state index contributed by atoms with van der Waals surface area (Å²) in [6.45, 7) is 1.97. The van der Waals surface area contributed by atoms with Crippen LogP contribution in [0.3, 0.4) is 0 Å². The van der Waals surface area contributed by atoms with Crippen molar-refractivity contribution < 1.29 is 9.53 Å². The van der Waals surface area contributed by atoms with Crippen LogP contribution in [0.1, 0.15) is 22.5 Å². The van der Waals surface area contributed by atoms with Gasteiger partial charge in [-0.3, -0.25) is 4.79 Å². The summed E-state index contributed by atoms with van der Waals surface area (Å²) in [5, 5.41) is 5.07. The van der Waals surface area contributed by atoms with Crippen molar-refractivity contribution in [2.75, 3.05) is 36.7 Å². The van der Waals surface area contributed by atoms with Crippen molar-refractivity contribution in [3.8, 4) is 5.75 Å². The van der Waals surface area contributed by atoms with E-state index in [0.717, 1.165) is 47.1 Å². The molecule has 1 saturated heterocycles. The highest BCUT2D eigenvalue weighted by Crippen LogP contribution is 2.35. The molecule has 0 radical (unpaired) electrons. The van der Waals surface area contributed by atoms with Crippen molar-refractivity contribution in [3.05, 3.63) is 34.2 Å². The minimum atomic E-state index is -0.221. The number of hydrogen-bond acceptors (Lipinski definition) is 7. The predicted molar refractivity (Wildman–Crippen MR) is 117 cm³/mol. The molecule has 6 nitrogen and oxygen atoms in total. The summed E-state index contributed by atoms with van der Waals surface area (Å²) in [7, 11) is 1.56. The Morgan fingerprint density at radius 2 is 2.07 bits per heavy atom. The lowest BCUT2D eigenvalue weighted by Crippen LogP contribution is -2.19. The largest absolute Gasteiger partial charge is 0.495 e. The number of amides is 1. The van der Waals surface area contributed by atoms with E-state index >= 15 is 0 Å². The van der Waals surface area contributed by atoms with Crippen molar-refractivity contribution in [3.63, 3.8) is 0 Å². The molecule has 0 atom stereocenters. The first-order chi connectivity index (χ1) is 13.6. The molecule has 1 fully saturated rings. The molecule has 1 aliphatic heterocycles. The predicted octanol–water partition coefficient (Wildman–Crippen LogP) is 4.93. The maximum atomic E-state index is 12.9. The van der Waals surface area contributed by atoms with Gasteiger partial charge in [-0.05, 0) is 43.4 Å². The Labute approximate surface area is 176 Å². The Balaban J connectivity index is 1.70. The minimum Gasteiger partial charge on any atom is -0.495 e. The Morgan fingerprint density at radius 1 is 1.29 bits per heavy atom. The number of ether oxygens (including phenoxy) is 1. The zero-order valence-corrected chi connectivity index (χ0v) is 17.9. The van der Waals surface area contributed by atoms with Gasteiger partial charge in [-0.25, -0.2) is 9.97 Å². The van der Waals surface area contributed by atoms with Crippen molar-refractivity contribution in [2.24, 2.45) is 0 Å². The number of hydrogen-bond donors (Lipinski definition) is 1. The second-order valence-corrected chi connectivity index (χ2v) is 8.60. The van der Waals surface area contributed by atoms with E-state index in [0.29, 0.717) is 21.3 Å². The van der Waals surface area contributed by atoms with Crippen LogP contribution in [-0.2, 0) is 0 Å². The molecule has 1 N–H and O–H groups in total. The number of thioether (sulfide) groups is 1. The van der Waals surface area contributed by atoms with E-state index in [4.69, 9.17) is 21.3 Å². The lowest BCUT2D eigenvalue weighted by atomic mass is 10.2. The number of methoxy groups -OCH3 is 1. The normalized spacial score (nSPS) is 13.9. The molecule has 0 saturated carbocycles. The van der Waals surface area contributed by atoms with Gasteiger partial charge in [0.15, 0.2) is 5.16 Å². The summed E-state index contributed by atoms with van der Waals surface area (Å²) < 4.78 is 5.31. The number of anilines is 2. The van der Waals surface area contributed by atoms with Crippen LogP contribution in [0.2, 0.25) is 5.02 Å². The van der Waals surface area contributed by atoms with Crippen molar-refractivity contribution in [2.45, 2.75) is 18.0 Å². The SMILES string of the molecule is COc1ccc(Cl)cc1NC(=O)c1cc2c(N3CCCC3)nc(SC)nc2s1. The zero-order chi connectivity index (χ0) is 19.7. The number of rotatable bonds is 5. The van der Waals surface area contributed by atoms with E-state index in [2.05, 4.69) is 15.2 Å². The number of carbonyl (C=O) groups excluding carboxylic acids is 1. The molecule has 1 aliphatic rings. The molecule has 0 aliphatic carbocycles. The number of nitrogens with one attached hydrogen (secondary N) is 1. The second-order valence-electron chi connectivity index (χ2n) is 6.36. The Kier molecular flexibility index (Phi) is 5.61. The molecule has 3 aromatic rings. The van der Waals surface area contributed by atoms with Gasteiger partial charge in [0.25, 0.3) is 5.91 Å². The summed E-state index contributed by atoms with van der Waals surface area (Å²) in [5.41, 5.74) is 0.535. The van der Waals surface area contributed by atoms with Gasteiger partial charge in [0.1, 0.15) is 16.4 Å². The summed E-state index contributed by atoms with van der Waals surface area (Å²) in [4.78, 5) is 25.9. The average molecular weight is 435 g/mol. The smallest absolute Gasteiger partial charge is 0.265 e. The van der Waals surface area contributed by atoms with Gasteiger partial charge in [0.2, 0.25) is 0 Å². The Bertz CT molecular complexity index is 1030. The summed E-state index contributed by atoms with van der Waals surface area (Å²) in [5.74, 6) is 1.25. The highest BCUT2D eigenvalue weighted by molar-refractivity contribution is 7.98. The van der Waals surface area contributed by atoms with Crippen LogP contribution in [0, 0.1) is 0 Å². The topological polar surface area (TPSA) is 67.3 Å². The van der Waals surface area contributed by atoms with E-state index in [-0.39, 0.29) is 5.91 Å². The van der Waals surface area contributed by atoms with E-state index in [1.807, 2.05) is 12.3 Å². The van der Waals surface area contributed by atoms with Crippen molar-refractivity contribution >= 4 is 62.3 Å². The van der Waals surface area contributed by atoms with Gasteiger partial charge in [0.05, 0.1) is 23.1 Å². The van der Waals surface area contributed by atoms with Gasteiger partial charge in [-0.2, -0.15) is 0 Å². The molecular weight excluding hydrogens is 416 g/mol. The summed E-state index contributed by atoms with van der Waals surface area (Å²) in [6.07, 6.45) is 4.28. The molecule has 28 heavy (non-hydrogen) atoms. The molecule has 0 spiro atoms. The average Bonchev–Trinajstić information content (AvgIpc) is 3.37. The van der Waals surface area contributed by atoms with E-state index in [1.54, 1.807) is 25.3 Å². The number of carbonyl (C=O) groups is 1. The number of aromatic nitrogens is 2. The lowest BCUT2D eigenvalue weighted by Gasteiger charge is -2.17. The van der Waals surface area contributed by atoms with E-state index in [9.17, 15) is 4.79 Å². The minimum absolute atomic E-state index is 0.221. The molecule has 4 rings (SSSR count). The summed E-state index contributed by atoms with van der Waals surface area (Å²) >= 11 is 8.94. The molecule has 1 amide bonds. The highest BCUT2D eigenvalue weighted by Gasteiger charge is 2.22. The van der Waals surface area contributed by atoms with Crippen molar-refractivity contribution in [1.82, 2.24) is 9.97 Å². The zero-order valence-electron chi connectivity index (χ0n) is 15.5. The van der Waals surface area contributed by atoms with Crippen molar-refractivity contribution in [1.29, 1.82) is 0 Å². The monoisotopic (exact) mass is 434 g/mol. The number of nitrogens with zero attached hydrogens (tertiary/aromatic N) is 3. The van der Waals surface area contributed by atoms with Gasteiger partial charge >= 0.3 is 0 Å². The van der Waals surface area contributed by atoms with Gasteiger partial charge in [0, 0.05) is 18.1 Å². The third kappa shape index (κ3) is 3.76. The molecule has 0 unspecified atom stereocenters. The lowest BCUT2D eigenvalue weighted by molar-refractivity contribution is 0.103. The maximum Gasteiger partial charge on any atom is 0.265 e. The Hall–Kier alpha value is -2.03. The quantitative estimate of drug-likeness (QED) is 0.453. The fraction of sp³-hybridized carbons (Fsp3) is 0.316. The standard InChI is InChI=1S/C19H19ClN4O2S2/c1-26-14-6-5-11(20)9-13(14)21-17(25)15-10-12-16(24-7-3-4-8-24)22-19(27-2)23-18(12)28-15/h5-6,9-10H,3-4,7-8H2,1-2H3,(H,21,25). The number of fused-ring (bicyclic) bond motifs is 1. The Morgan fingerprint density at radius 3 is 2.79 bits per heavy atom. The third-order valence-electron chi connectivity index (χ3n) is 4.57. The van der Waals surface area contributed by atoms with E-state index < -0.39 is 0 Å². The molecular formula is C19H19ClN4O2S2. The molecule has 9 heteroatoms. The van der Waals surface area contributed by atoms with Crippen LogP contribution in [-0.4, -0.2) is 42.3 Å². The first-order valence-electron chi connectivity index (χ1n) is 8.84. The molecule has 2 aromatic heterocycles. The van der Waals surface area contributed by atoms with Crippen LogP contribution in [0.25, 0.3) is 10.2 Å². The first kappa shape index (κ1) is 19.3. The molecule has 1 aromatic carbocycles. The van der Waals surface area contributed by atoms with E-state index in [1.165, 1.54) is 23.1 Å². The molecule has 3 heterocycles. The van der Waals surface area contributed by atoms with Crippen LogP contribution < -0.4 is 15.0 Å². The maximum absolute atomic E-state index is 12.9. The number of thiophene rings is 1. The van der Waals surface area contributed by atoms with Gasteiger partial charge in [-0.15, -0.1) is 11.3 Å². The van der Waals surface area contributed by atoms with Crippen LogP contribution in [0.4, 0.5) is 11.5 Å².